The Labute approximate surface area is 166 Å². The summed E-state index contributed by atoms with van der Waals surface area (Å²) in [6, 6.07) is -0.0709. The van der Waals surface area contributed by atoms with Gasteiger partial charge in [-0.3, -0.25) is 20.0 Å². The fraction of sp³-hybridized carbons (Fsp3) is 0.263. The van der Waals surface area contributed by atoms with Crippen molar-refractivity contribution in [2.75, 3.05) is 0 Å². The first-order valence-corrected chi connectivity index (χ1v) is 9.53. The largest absolute Gasteiger partial charge is 0.364 e. The molecule has 0 saturated carbocycles. The summed E-state index contributed by atoms with van der Waals surface area (Å²) < 4.78 is 4.25. The van der Waals surface area contributed by atoms with Gasteiger partial charge in [0.2, 0.25) is 0 Å². The van der Waals surface area contributed by atoms with Crippen LogP contribution in [0.5, 0.6) is 0 Å². The van der Waals surface area contributed by atoms with Crippen LogP contribution in [0.3, 0.4) is 0 Å². The lowest BCUT2D eigenvalue weighted by Crippen LogP contribution is -2.37. The smallest absolute Gasteiger partial charge is 0.268 e. The van der Waals surface area contributed by atoms with E-state index < -0.39 is 5.91 Å². The number of carbonyl (C=O) groups is 2. The van der Waals surface area contributed by atoms with Crippen LogP contribution in [0.1, 0.15) is 56.9 Å². The van der Waals surface area contributed by atoms with E-state index in [9.17, 15) is 9.59 Å². The molecule has 0 spiro atoms. The quantitative estimate of drug-likeness (QED) is 0.643. The van der Waals surface area contributed by atoms with E-state index in [4.69, 9.17) is 11.1 Å². The summed E-state index contributed by atoms with van der Waals surface area (Å²) in [5.74, 6) is -0.965. The van der Waals surface area contributed by atoms with Crippen molar-refractivity contribution in [1.82, 2.24) is 19.7 Å². The number of rotatable bonds is 6. The number of hydrogen-bond donors (Lipinski definition) is 3. The van der Waals surface area contributed by atoms with Gasteiger partial charge in [-0.05, 0) is 36.9 Å². The molecule has 144 valence electrons. The topological polar surface area (TPSA) is 135 Å². The fourth-order valence-electron chi connectivity index (χ4n) is 2.93. The lowest BCUT2D eigenvalue weighted by Gasteiger charge is -2.22. The Kier molecular flexibility index (Phi) is 5.74. The van der Waals surface area contributed by atoms with E-state index in [1.54, 1.807) is 6.92 Å². The average molecular weight is 396 g/mol. The monoisotopic (exact) mass is 396 g/mol. The second-order valence-electron chi connectivity index (χ2n) is 6.28. The van der Waals surface area contributed by atoms with Crippen molar-refractivity contribution in [1.29, 1.82) is 5.41 Å². The molecule has 2 aromatic heterocycles. The van der Waals surface area contributed by atoms with Gasteiger partial charge in [0.1, 0.15) is 17.1 Å². The summed E-state index contributed by atoms with van der Waals surface area (Å²) in [4.78, 5) is 32.5. The molecule has 0 radical (unpaired) electrons. The lowest BCUT2D eigenvalue weighted by atomic mass is 9.96. The normalized spacial score (nSPS) is 15.8. The Bertz CT molecular complexity index is 990. The van der Waals surface area contributed by atoms with Crippen molar-refractivity contribution in [3.63, 3.8) is 0 Å². The zero-order valence-corrected chi connectivity index (χ0v) is 16.3. The molecule has 2 heterocycles. The number of nitrogens with zero attached hydrogens (tertiary/aromatic N) is 3. The van der Waals surface area contributed by atoms with Gasteiger partial charge in [-0.15, -0.1) is 0 Å². The van der Waals surface area contributed by atoms with Gasteiger partial charge in [-0.25, -0.2) is 4.98 Å². The standard InChI is InChI=1S/C19H20N6O2S/c1-3-11-6-4-5-7-12(11)24-19(27)15-10(2)25-28-17(15)16(20)13-8-23-14(9-22-13)18(21)26/h4-6,8-9,12,20H,3,7H2,1-2H3,(H2,21,26)(H,24,27). The van der Waals surface area contributed by atoms with Crippen LogP contribution in [0.2, 0.25) is 0 Å². The van der Waals surface area contributed by atoms with Crippen LogP contribution in [0.25, 0.3) is 0 Å². The average Bonchev–Trinajstić information content (AvgIpc) is 3.09. The molecule has 1 aliphatic carbocycles. The second-order valence-corrected chi connectivity index (χ2v) is 7.06. The van der Waals surface area contributed by atoms with Gasteiger partial charge in [0.25, 0.3) is 11.8 Å². The van der Waals surface area contributed by atoms with Gasteiger partial charge in [0, 0.05) is 0 Å². The number of allylic oxidation sites excluding steroid dienone is 2. The summed E-state index contributed by atoms with van der Waals surface area (Å²) in [6.45, 7) is 3.79. The van der Waals surface area contributed by atoms with Crippen molar-refractivity contribution >= 4 is 29.1 Å². The maximum absolute atomic E-state index is 13.0. The lowest BCUT2D eigenvalue weighted by molar-refractivity contribution is 0.0940. The maximum atomic E-state index is 13.0. The predicted molar refractivity (Wildman–Crippen MR) is 107 cm³/mol. The SMILES string of the molecule is CCC1=CC=CCC1NC(=O)c1c(C)nsc1C(=N)c1cnc(C(N)=O)cn1. The van der Waals surface area contributed by atoms with E-state index in [2.05, 4.69) is 26.6 Å². The maximum Gasteiger partial charge on any atom is 0.268 e. The van der Waals surface area contributed by atoms with E-state index >= 15 is 0 Å². The Morgan fingerprint density at radius 2 is 2.04 bits per heavy atom. The summed E-state index contributed by atoms with van der Waals surface area (Å²) in [7, 11) is 0. The van der Waals surface area contributed by atoms with E-state index in [0.29, 0.717) is 16.1 Å². The molecular weight excluding hydrogens is 376 g/mol. The van der Waals surface area contributed by atoms with Gasteiger partial charge in [-0.2, -0.15) is 4.37 Å². The molecule has 2 aromatic rings. The molecule has 3 rings (SSSR count). The number of nitrogens with one attached hydrogen (secondary N) is 2. The van der Waals surface area contributed by atoms with Crippen LogP contribution in [0, 0.1) is 12.3 Å². The number of hydrogen-bond acceptors (Lipinski definition) is 7. The molecule has 1 atom stereocenters. The number of amides is 2. The number of carbonyl (C=O) groups excluding carboxylic acids is 2. The van der Waals surface area contributed by atoms with Crippen molar-refractivity contribution in [2.45, 2.75) is 32.7 Å². The number of aromatic nitrogens is 3. The van der Waals surface area contributed by atoms with Crippen molar-refractivity contribution in [3.8, 4) is 0 Å². The molecule has 28 heavy (non-hydrogen) atoms. The van der Waals surface area contributed by atoms with E-state index in [0.717, 1.165) is 29.9 Å². The van der Waals surface area contributed by atoms with Crippen molar-refractivity contribution in [3.05, 3.63) is 63.7 Å². The Morgan fingerprint density at radius 3 is 2.68 bits per heavy atom. The third-order valence-electron chi connectivity index (χ3n) is 4.46. The first kappa shape index (κ1) is 19.6. The highest BCUT2D eigenvalue weighted by Crippen LogP contribution is 2.23. The molecule has 9 heteroatoms. The van der Waals surface area contributed by atoms with Crippen molar-refractivity contribution in [2.24, 2.45) is 5.73 Å². The number of aryl methyl sites for hydroxylation is 1. The van der Waals surface area contributed by atoms with Crippen LogP contribution in [0.4, 0.5) is 0 Å². The molecule has 4 N–H and O–H groups in total. The van der Waals surface area contributed by atoms with Crippen LogP contribution < -0.4 is 11.1 Å². The first-order chi connectivity index (χ1) is 13.4. The third kappa shape index (κ3) is 3.89. The van der Waals surface area contributed by atoms with Gasteiger partial charge in [0.05, 0.1) is 34.6 Å². The van der Waals surface area contributed by atoms with E-state index in [-0.39, 0.29) is 29.0 Å². The zero-order chi connectivity index (χ0) is 20.3. The summed E-state index contributed by atoms with van der Waals surface area (Å²) in [5, 5.41) is 11.5. The summed E-state index contributed by atoms with van der Waals surface area (Å²) in [5.41, 5.74) is 7.50. The van der Waals surface area contributed by atoms with Gasteiger partial charge in [0.15, 0.2) is 0 Å². The minimum Gasteiger partial charge on any atom is -0.364 e. The molecule has 0 fully saturated rings. The highest BCUT2D eigenvalue weighted by molar-refractivity contribution is 7.08. The second kappa shape index (κ2) is 8.22. The van der Waals surface area contributed by atoms with E-state index in [1.165, 1.54) is 12.4 Å². The minimum absolute atomic E-state index is 0.0132. The molecule has 1 aliphatic rings. The van der Waals surface area contributed by atoms with Crippen LogP contribution in [0.15, 0.2) is 36.2 Å². The molecule has 0 aromatic carbocycles. The predicted octanol–water partition coefficient (Wildman–Crippen LogP) is 2.15. The highest BCUT2D eigenvalue weighted by Gasteiger charge is 2.25. The fourth-order valence-corrected chi connectivity index (χ4v) is 3.78. The number of primary amides is 1. The van der Waals surface area contributed by atoms with Gasteiger partial charge >= 0.3 is 0 Å². The highest BCUT2D eigenvalue weighted by atomic mass is 32.1. The molecule has 0 saturated heterocycles. The van der Waals surface area contributed by atoms with Crippen LogP contribution in [-0.2, 0) is 0 Å². The number of nitrogens with two attached hydrogens (primary N) is 1. The molecule has 0 aliphatic heterocycles. The van der Waals surface area contributed by atoms with E-state index in [1.807, 2.05) is 18.2 Å². The molecular formula is C19H20N6O2S. The van der Waals surface area contributed by atoms with Crippen LogP contribution in [-0.4, -0.2) is 37.9 Å². The minimum atomic E-state index is -0.694. The van der Waals surface area contributed by atoms with Crippen LogP contribution >= 0.6 is 11.5 Å². The Balaban J connectivity index is 1.86. The third-order valence-corrected chi connectivity index (χ3v) is 5.41. The zero-order valence-electron chi connectivity index (χ0n) is 15.5. The van der Waals surface area contributed by atoms with Gasteiger partial charge in [-0.1, -0.05) is 25.2 Å². The van der Waals surface area contributed by atoms with Gasteiger partial charge < -0.3 is 11.1 Å². The summed E-state index contributed by atoms with van der Waals surface area (Å²) in [6.07, 6.45) is 10.1. The molecule has 2 amide bonds. The molecule has 8 nitrogen and oxygen atoms in total. The first-order valence-electron chi connectivity index (χ1n) is 8.76. The molecule has 1 unspecified atom stereocenters. The Hall–Kier alpha value is -3.20. The summed E-state index contributed by atoms with van der Waals surface area (Å²) >= 11 is 1.06. The van der Waals surface area contributed by atoms with Crippen molar-refractivity contribution < 1.29 is 9.59 Å². The molecule has 0 bridgehead atoms. The Morgan fingerprint density at radius 1 is 1.32 bits per heavy atom.